The minimum absolute atomic E-state index is 0.251. The molecule has 1 atom stereocenters. The number of Topliss-reactive ketones (excluding diaryl/α,β-unsaturated/α-hetero) is 1. The third-order valence-corrected chi connectivity index (χ3v) is 4.98. The van der Waals surface area contributed by atoms with Crippen LogP contribution in [0.3, 0.4) is 0 Å². The highest BCUT2D eigenvalue weighted by atomic mass is 32.2. The molecule has 1 N–H and O–H groups in total. The fourth-order valence-corrected chi connectivity index (χ4v) is 3.54. The van der Waals surface area contributed by atoms with Crippen molar-refractivity contribution >= 4 is 29.7 Å². The third kappa shape index (κ3) is 14.5. The number of carbonyl (C=O) groups excluding carboxylic acids is 2. The number of nitrogens with zero attached hydrogens (tertiary/aromatic N) is 2. The van der Waals surface area contributed by atoms with E-state index in [-0.39, 0.29) is 11.7 Å². The van der Waals surface area contributed by atoms with E-state index in [0.717, 1.165) is 18.4 Å². The summed E-state index contributed by atoms with van der Waals surface area (Å²) in [5.41, 5.74) is 8.42. The summed E-state index contributed by atoms with van der Waals surface area (Å²) in [4.78, 5) is 25.5. The van der Waals surface area contributed by atoms with Crippen molar-refractivity contribution in [3.8, 4) is 0 Å². The molecule has 0 aromatic carbocycles. The minimum Gasteiger partial charge on any atom is -0.361 e. The number of hydrogen-bond donors (Lipinski definition) is 1. The van der Waals surface area contributed by atoms with Crippen LogP contribution in [0.4, 0.5) is 0 Å². The lowest BCUT2D eigenvalue weighted by molar-refractivity contribution is -0.124. The molecule has 24 heavy (non-hydrogen) atoms. The van der Waals surface area contributed by atoms with E-state index in [1.165, 1.54) is 64.7 Å². The van der Waals surface area contributed by atoms with Gasteiger partial charge in [0.1, 0.15) is 6.04 Å². The van der Waals surface area contributed by atoms with Gasteiger partial charge in [-0.15, -0.1) is 0 Å². The van der Waals surface area contributed by atoms with Crippen molar-refractivity contribution in [2.45, 2.75) is 84.1 Å². The first kappa shape index (κ1) is 22.9. The monoisotopic (exact) mass is 355 g/mol. The average Bonchev–Trinajstić information content (AvgIpc) is 2.54. The van der Waals surface area contributed by atoms with Crippen LogP contribution in [0, 0.1) is 0 Å². The molecule has 0 spiro atoms. The van der Waals surface area contributed by atoms with Gasteiger partial charge in [0.25, 0.3) is 5.78 Å². The molecule has 0 aliphatic carbocycles. The molecule has 5 nitrogen and oxygen atoms in total. The fourth-order valence-electron chi connectivity index (χ4n) is 2.48. The maximum absolute atomic E-state index is 11.7. The summed E-state index contributed by atoms with van der Waals surface area (Å²) in [5, 5.41) is 2.59. The lowest BCUT2D eigenvalue weighted by Gasteiger charge is -2.12. The number of amides is 1. The maximum atomic E-state index is 11.7. The van der Waals surface area contributed by atoms with E-state index in [1.807, 2.05) is 0 Å². The molecule has 0 aromatic rings. The van der Waals surface area contributed by atoms with Gasteiger partial charge in [-0.3, -0.25) is 9.59 Å². The van der Waals surface area contributed by atoms with Crippen LogP contribution in [0.1, 0.15) is 78.1 Å². The molecule has 0 saturated heterocycles. The van der Waals surface area contributed by atoms with E-state index >= 15 is 0 Å². The number of hydrogen-bond acceptors (Lipinski definition) is 3. The molecule has 0 aliphatic rings. The highest BCUT2D eigenvalue weighted by Gasteiger charge is 2.20. The predicted molar refractivity (Wildman–Crippen MR) is 101 cm³/mol. The highest BCUT2D eigenvalue weighted by molar-refractivity contribution is 7.99. The number of ketones is 1. The van der Waals surface area contributed by atoms with Gasteiger partial charge in [0, 0.05) is 12.7 Å². The van der Waals surface area contributed by atoms with Gasteiger partial charge in [-0.25, -0.2) is 0 Å². The summed E-state index contributed by atoms with van der Waals surface area (Å²) in [6.45, 7) is 3.62. The summed E-state index contributed by atoms with van der Waals surface area (Å²) < 4.78 is 0. The summed E-state index contributed by atoms with van der Waals surface area (Å²) >= 11 is 1.66. The molecule has 0 bridgehead atoms. The number of thioether (sulfide) groups is 1. The van der Waals surface area contributed by atoms with E-state index < -0.39 is 6.04 Å². The van der Waals surface area contributed by atoms with Crippen LogP contribution in [0.2, 0.25) is 0 Å². The number of unbranched alkanes of at least 4 members (excludes halogenated alkanes) is 9. The molecule has 0 fully saturated rings. The Bertz CT molecular complexity index is 396. The van der Waals surface area contributed by atoms with Crippen molar-refractivity contribution in [2.75, 3.05) is 11.5 Å². The standard InChI is InChI=1S/C18H33N3O2S/c1-3-4-5-6-7-8-9-10-11-12-13-24-15-17(21-16(2)22)18(23)14-20-19/h14,17H,3-13,15H2,1-2H3,(H,21,22)/t17-/m0/s1. The minimum atomic E-state index is -0.605. The Balaban J connectivity index is 3.59. The van der Waals surface area contributed by atoms with Crippen LogP contribution in [-0.4, -0.2) is 40.2 Å². The van der Waals surface area contributed by atoms with Crippen LogP contribution >= 0.6 is 11.8 Å². The number of nitrogens with one attached hydrogen (secondary N) is 1. The van der Waals surface area contributed by atoms with E-state index in [9.17, 15) is 9.59 Å². The SMILES string of the molecule is CCCCCCCCCCCCSC[C@H](NC(C)=O)C(=O)C=[N+]=[N-]. The fraction of sp³-hybridized carbons (Fsp3) is 0.833. The molecule has 0 saturated carbocycles. The van der Waals surface area contributed by atoms with Gasteiger partial charge >= 0.3 is 6.21 Å². The largest absolute Gasteiger partial charge is 0.361 e. The summed E-state index contributed by atoms with van der Waals surface area (Å²) in [5.74, 6) is 0.875. The number of rotatable bonds is 16. The van der Waals surface area contributed by atoms with Gasteiger partial charge < -0.3 is 10.8 Å². The van der Waals surface area contributed by atoms with Crippen LogP contribution < -0.4 is 5.32 Å². The van der Waals surface area contributed by atoms with Gasteiger partial charge in [0.15, 0.2) is 0 Å². The highest BCUT2D eigenvalue weighted by Crippen LogP contribution is 2.13. The Kier molecular flexibility index (Phi) is 15.9. The van der Waals surface area contributed by atoms with Gasteiger partial charge in [0.05, 0.1) is 0 Å². The average molecular weight is 356 g/mol. The molecule has 0 radical (unpaired) electrons. The van der Waals surface area contributed by atoms with E-state index in [1.54, 1.807) is 11.8 Å². The van der Waals surface area contributed by atoms with Crippen LogP contribution in [-0.2, 0) is 9.59 Å². The van der Waals surface area contributed by atoms with Crippen molar-refractivity contribution in [2.24, 2.45) is 0 Å². The zero-order valence-corrected chi connectivity index (χ0v) is 16.1. The second-order valence-electron chi connectivity index (χ2n) is 6.16. The molecule has 0 aromatic heterocycles. The molecule has 0 rings (SSSR count). The zero-order valence-electron chi connectivity index (χ0n) is 15.3. The first-order valence-corrected chi connectivity index (χ1v) is 10.3. The summed E-state index contributed by atoms with van der Waals surface area (Å²) in [6, 6.07) is -0.605. The van der Waals surface area contributed by atoms with Crippen LogP contribution in [0.5, 0.6) is 0 Å². The zero-order chi connectivity index (χ0) is 18.0. The van der Waals surface area contributed by atoms with E-state index in [2.05, 4.69) is 17.0 Å². The maximum Gasteiger partial charge on any atom is 0.325 e. The molecule has 0 heterocycles. The van der Waals surface area contributed by atoms with Crippen molar-refractivity contribution in [1.29, 1.82) is 0 Å². The Labute approximate surface area is 151 Å². The second-order valence-corrected chi connectivity index (χ2v) is 7.31. The molecular formula is C18H33N3O2S. The molecular weight excluding hydrogens is 322 g/mol. The molecule has 138 valence electrons. The van der Waals surface area contributed by atoms with Gasteiger partial charge in [-0.05, 0) is 12.2 Å². The molecule has 6 heteroatoms. The van der Waals surface area contributed by atoms with E-state index in [4.69, 9.17) is 5.53 Å². The normalized spacial score (nSPS) is 11.6. The Hall–Kier alpha value is -1.13. The van der Waals surface area contributed by atoms with Crippen LogP contribution in [0.15, 0.2) is 0 Å². The lowest BCUT2D eigenvalue weighted by atomic mass is 10.1. The summed E-state index contributed by atoms with van der Waals surface area (Å²) in [6.07, 6.45) is 13.9. The Morgan fingerprint density at radius 2 is 1.58 bits per heavy atom. The van der Waals surface area contributed by atoms with Crippen LogP contribution in [0.25, 0.3) is 5.53 Å². The van der Waals surface area contributed by atoms with Gasteiger partial charge in [-0.2, -0.15) is 16.6 Å². The lowest BCUT2D eigenvalue weighted by Crippen LogP contribution is -2.42. The molecule has 0 aliphatic heterocycles. The number of carbonyl (C=O) groups is 2. The molecule has 0 unspecified atom stereocenters. The molecule has 1 amide bonds. The van der Waals surface area contributed by atoms with E-state index in [0.29, 0.717) is 5.75 Å². The first-order valence-electron chi connectivity index (χ1n) is 9.18. The van der Waals surface area contributed by atoms with Crippen molar-refractivity contribution in [1.82, 2.24) is 5.32 Å². The second kappa shape index (κ2) is 16.7. The van der Waals surface area contributed by atoms with Gasteiger partial charge in [-0.1, -0.05) is 64.7 Å². The first-order chi connectivity index (χ1) is 11.6. The predicted octanol–water partition coefficient (Wildman–Crippen LogP) is 4.01. The topological polar surface area (TPSA) is 82.6 Å². The quantitative estimate of drug-likeness (QED) is 0.196. The van der Waals surface area contributed by atoms with Crippen molar-refractivity contribution < 1.29 is 14.4 Å². The van der Waals surface area contributed by atoms with Crippen molar-refractivity contribution in [3.05, 3.63) is 5.53 Å². The van der Waals surface area contributed by atoms with Gasteiger partial charge in [0.2, 0.25) is 5.91 Å². The Morgan fingerprint density at radius 1 is 1.04 bits per heavy atom. The summed E-state index contributed by atoms with van der Waals surface area (Å²) in [7, 11) is 0. The van der Waals surface area contributed by atoms with Crippen molar-refractivity contribution in [3.63, 3.8) is 0 Å². The smallest absolute Gasteiger partial charge is 0.325 e. The Morgan fingerprint density at radius 3 is 2.08 bits per heavy atom. The third-order valence-electron chi connectivity index (χ3n) is 3.83.